The van der Waals surface area contributed by atoms with Crippen molar-refractivity contribution in [1.82, 2.24) is 0 Å². The Labute approximate surface area is 169 Å². The van der Waals surface area contributed by atoms with Crippen molar-refractivity contribution < 1.29 is 14.6 Å². The van der Waals surface area contributed by atoms with Crippen molar-refractivity contribution >= 4 is 5.97 Å². The summed E-state index contributed by atoms with van der Waals surface area (Å²) < 4.78 is 6.02. The second kappa shape index (κ2) is 9.64. The lowest BCUT2D eigenvalue weighted by Crippen LogP contribution is -2.03. The van der Waals surface area contributed by atoms with Gasteiger partial charge < -0.3 is 9.84 Å². The largest absolute Gasteiger partial charge is 0.489 e. The van der Waals surface area contributed by atoms with Gasteiger partial charge >= 0.3 is 5.97 Å². The van der Waals surface area contributed by atoms with E-state index in [-0.39, 0.29) is 5.56 Å². The zero-order valence-electron chi connectivity index (χ0n) is 16.2. The Balaban J connectivity index is 1.76. The Bertz CT molecular complexity index is 968. The van der Waals surface area contributed by atoms with Gasteiger partial charge in [0.15, 0.2) is 0 Å². The van der Waals surface area contributed by atoms with Crippen LogP contribution in [0.4, 0.5) is 0 Å². The Morgan fingerprint density at radius 1 is 0.966 bits per heavy atom. The van der Waals surface area contributed by atoms with E-state index < -0.39 is 12.0 Å². The minimum absolute atomic E-state index is 0.247. The summed E-state index contributed by atoms with van der Waals surface area (Å²) in [5, 5.41) is 12.1. The Hall–Kier alpha value is -3.47. The first-order valence-electron chi connectivity index (χ1n) is 9.51. The van der Waals surface area contributed by atoms with Crippen molar-refractivity contribution in [3.8, 4) is 5.75 Å². The maximum Gasteiger partial charge on any atom is 0.335 e. The van der Waals surface area contributed by atoms with Crippen molar-refractivity contribution in [3.63, 3.8) is 0 Å². The molecule has 3 aromatic carbocycles. The van der Waals surface area contributed by atoms with Crippen molar-refractivity contribution in [2.45, 2.75) is 32.4 Å². The van der Waals surface area contributed by atoms with Crippen LogP contribution in [0.3, 0.4) is 0 Å². The fourth-order valence-corrected chi connectivity index (χ4v) is 3.08. The molecule has 0 bridgehead atoms. The molecule has 148 valence electrons. The summed E-state index contributed by atoms with van der Waals surface area (Å²) in [7, 11) is 0. The third kappa shape index (κ3) is 5.51. The lowest BCUT2D eigenvalue weighted by atomic mass is 9.99. The van der Waals surface area contributed by atoms with E-state index >= 15 is 0 Å². The average molecular weight is 389 g/mol. The third-order valence-electron chi connectivity index (χ3n) is 4.85. The molecule has 29 heavy (non-hydrogen) atoms. The fraction of sp³-hybridized carbons (Fsp3) is 0.208. The van der Waals surface area contributed by atoms with Gasteiger partial charge in [-0.3, -0.25) is 0 Å². The van der Waals surface area contributed by atoms with E-state index in [9.17, 15) is 9.70 Å². The van der Waals surface area contributed by atoms with Crippen LogP contribution in [0.2, 0.25) is 0 Å². The first kappa shape index (κ1) is 20.3. The average Bonchev–Trinajstić information content (AvgIpc) is 2.77. The van der Waals surface area contributed by atoms with E-state index in [1.165, 1.54) is 5.56 Å². The predicted molar refractivity (Wildman–Crippen MR) is 112 cm³/mol. The topological polar surface area (TPSA) is 76.0 Å². The Kier molecular flexibility index (Phi) is 6.74. The lowest BCUT2D eigenvalue weighted by molar-refractivity contribution is 0.0697. The van der Waals surface area contributed by atoms with Crippen LogP contribution in [0.5, 0.6) is 5.75 Å². The number of rotatable bonds is 9. The second-order valence-corrected chi connectivity index (χ2v) is 6.92. The number of hydrogen-bond acceptors (Lipinski definition) is 4. The summed E-state index contributed by atoms with van der Waals surface area (Å²) in [5.41, 5.74) is 4.24. The van der Waals surface area contributed by atoms with Gasteiger partial charge in [-0.15, -0.1) is 0 Å². The molecule has 0 aliphatic carbocycles. The summed E-state index contributed by atoms with van der Waals surface area (Å²) in [6.45, 7) is 2.10. The SMILES string of the molecule is CC(N=O)c1ccc(OCc2ccc(C(=O)O)cc2)c(CCc2ccccc2)c1. The molecule has 0 radical (unpaired) electrons. The minimum Gasteiger partial charge on any atom is -0.489 e. The van der Waals surface area contributed by atoms with E-state index in [0.29, 0.717) is 6.61 Å². The van der Waals surface area contributed by atoms with Gasteiger partial charge in [0.25, 0.3) is 0 Å². The minimum atomic E-state index is -0.950. The molecule has 3 aromatic rings. The van der Waals surface area contributed by atoms with Crippen LogP contribution in [0, 0.1) is 4.91 Å². The number of ether oxygens (including phenoxy) is 1. The molecule has 0 saturated carbocycles. The van der Waals surface area contributed by atoms with Crippen LogP contribution in [0.1, 0.15) is 45.6 Å². The van der Waals surface area contributed by atoms with Gasteiger partial charge in [0.1, 0.15) is 18.4 Å². The molecule has 0 aromatic heterocycles. The molecule has 0 amide bonds. The second-order valence-electron chi connectivity index (χ2n) is 6.92. The molecule has 0 fully saturated rings. The highest BCUT2D eigenvalue weighted by atomic mass is 16.5. The van der Waals surface area contributed by atoms with Crippen LogP contribution in [0.15, 0.2) is 78.0 Å². The molecule has 1 atom stereocenters. The highest BCUT2D eigenvalue weighted by Gasteiger charge is 2.11. The molecule has 1 N–H and O–H groups in total. The predicted octanol–water partition coefficient (Wildman–Crippen LogP) is 5.58. The van der Waals surface area contributed by atoms with Gasteiger partial charge in [-0.25, -0.2) is 4.79 Å². The normalized spacial score (nSPS) is 11.6. The molecule has 5 heteroatoms. The first-order chi connectivity index (χ1) is 14.1. The van der Waals surface area contributed by atoms with Crippen molar-refractivity contribution in [2.24, 2.45) is 5.18 Å². The highest BCUT2D eigenvalue weighted by molar-refractivity contribution is 5.87. The molecule has 0 heterocycles. The van der Waals surface area contributed by atoms with Crippen LogP contribution in [-0.2, 0) is 19.4 Å². The zero-order valence-corrected chi connectivity index (χ0v) is 16.2. The van der Waals surface area contributed by atoms with Gasteiger partial charge in [-0.05, 0) is 66.3 Å². The fourth-order valence-electron chi connectivity index (χ4n) is 3.08. The van der Waals surface area contributed by atoms with Crippen LogP contribution in [0.25, 0.3) is 0 Å². The van der Waals surface area contributed by atoms with E-state index in [1.807, 2.05) is 36.4 Å². The number of aromatic carboxylic acids is 1. The van der Waals surface area contributed by atoms with E-state index in [1.54, 1.807) is 31.2 Å². The Morgan fingerprint density at radius 2 is 1.69 bits per heavy atom. The third-order valence-corrected chi connectivity index (χ3v) is 4.85. The smallest absolute Gasteiger partial charge is 0.335 e. The van der Waals surface area contributed by atoms with Gasteiger partial charge in [-0.2, -0.15) is 4.91 Å². The molecular formula is C24H23NO4. The monoisotopic (exact) mass is 389 g/mol. The van der Waals surface area contributed by atoms with Gasteiger partial charge in [0.2, 0.25) is 0 Å². The van der Waals surface area contributed by atoms with E-state index in [2.05, 4.69) is 17.3 Å². The molecular weight excluding hydrogens is 366 g/mol. The van der Waals surface area contributed by atoms with E-state index in [4.69, 9.17) is 9.84 Å². The number of benzene rings is 3. The maximum absolute atomic E-state index is 11.0. The molecule has 0 saturated heterocycles. The molecule has 1 unspecified atom stereocenters. The number of aryl methyl sites for hydroxylation is 2. The summed E-state index contributed by atoms with van der Waals surface area (Å²) in [4.78, 5) is 21.9. The quantitative estimate of drug-likeness (QED) is 0.485. The van der Waals surface area contributed by atoms with E-state index in [0.717, 1.165) is 35.3 Å². The lowest BCUT2D eigenvalue weighted by Gasteiger charge is -2.14. The van der Waals surface area contributed by atoms with Gasteiger partial charge in [0.05, 0.1) is 5.56 Å². The highest BCUT2D eigenvalue weighted by Crippen LogP contribution is 2.27. The number of nitroso groups, excluding NO2 is 1. The van der Waals surface area contributed by atoms with Crippen molar-refractivity contribution in [1.29, 1.82) is 0 Å². The van der Waals surface area contributed by atoms with Crippen molar-refractivity contribution in [2.75, 3.05) is 0 Å². The standard InChI is InChI=1S/C24H23NO4/c1-17(25-28)21-13-14-23(22(15-21)12-7-18-5-3-2-4-6-18)29-16-19-8-10-20(11-9-19)24(26)27/h2-6,8-11,13-15,17H,7,12,16H2,1H3,(H,26,27). The number of hydrogen-bond donors (Lipinski definition) is 1. The van der Waals surface area contributed by atoms with Crippen LogP contribution in [-0.4, -0.2) is 11.1 Å². The number of carboxylic acid groups (broad SMARTS) is 1. The van der Waals surface area contributed by atoms with Crippen LogP contribution >= 0.6 is 0 Å². The molecule has 0 spiro atoms. The summed E-state index contributed by atoms with van der Waals surface area (Å²) >= 11 is 0. The maximum atomic E-state index is 11.0. The Morgan fingerprint density at radius 3 is 2.34 bits per heavy atom. The molecule has 3 rings (SSSR count). The van der Waals surface area contributed by atoms with Gasteiger partial charge in [0, 0.05) is 0 Å². The van der Waals surface area contributed by atoms with Crippen molar-refractivity contribution in [3.05, 3.63) is 106 Å². The summed E-state index contributed by atoms with van der Waals surface area (Å²) in [6, 6.07) is 22.1. The molecule has 5 nitrogen and oxygen atoms in total. The van der Waals surface area contributed by atoms with Gasteiger partial charge in [-0.1, -0.05) is 53.7 Å². The molecule has 0 aliphatic rings. The summed E-state index contributed by atoms with van der Waals surface area (Å²) in [5.74, 6) is -0.195. The number of carboxylic acids is 1. The molecule has 0 aliphatic heterocycles. The zero-order chi connectivity index (χ0) is 20.6. The first-order valence-corrected chi connectivity index (χ1v) is 9.51. The number of carbonyl (C=O) groups is 1. The number of nitrogens with zero attached hydrogens (tertiary/aromatic N) is 1. The van der Waals surface area contributed by atoms with Crippen LogP contribution < -0.4 is 4.74 Å². The summed E-state index contributed by atoms with van der Waals surface area (Å²) in [6.07, 6.45) is 1.63.